The Morgan fingerprint density at radius 2 is 2.18 bits per heavy atom. The summed E-state index contributed by atoms with van der Waals surface area (Å²) in [5, 5.41) is 2.75. The first-order chi connectivity index (χ1) is 7.99. The van der Waals surface area contributed by atoms with Gasteiger partial charge in [-0.25, -0.2) is 4.79 Å². The first kappa shape index (κ1) is 13.6. The van der Waals surface area contributed by atoms with Crippen molar-refractivity contribution < 1.29 is 22.7 Å². The molecular formula is C11H14F3NO2. The number of ether oxygens (including phenoxy) is 1. The molecule has 1 heterocycles. The van der Waals surface area contributed by atoms with Crippen LogP contribution in [-0.2, 0) is 9.53 Å². The predicted octanol–water partition coefficient (Wildman–Crippen LogP) is 2.65. The first-order valence-electron chi connectivity index (χ1n) is 5.33. The van der Waals surface area contributed by atoms with Gasteiger partial charge in [0, 0.05) is 19.0 Å². The molecule has 1 aliphatic rings. The fourth-order valence-corrected chi connectivity index (χ4v) is 1.29. The summed E-state index contributed by atoms with van der Waals surface area (Å²) in [4.78, 5) is 11.4. The number of allylic oxidation sites excluding steroid dienone is 1. The van der Waals surface area contributed by atoms with Crippen molar-refractivity contribution in [2.24, 2.45) is 0 Å². The molecule has 0 bridgehead atoms. The molecule has 1 aliphatic heterocycles. The Bertz CT molecular complexity index is 321. The number of unbranched alkanes of at least 4 members (excludes halogenated alkanes) is 1. The van der Waals surface area contributed by atoms with Crippen LogP contribution in [0.15, 0.2) is 24.0 Å². The van der Waals surface area contributed by atoms with Gasteiger partial charge in [-0.15, -0.1) is 0 Å². The summed E-state index contributed by atoms with van der Waals surface area (Å²) in [5.41, 5.74) is 0.475. The summed E-state index contributed by atoms with van der Waals surface area (Å²) in [6, 6.07) is 0. The van der Waals surface area contributed by atoms with Crippen LogP contribution in [0.3, 0.4) is 0 Å². The second-order valence-corrected chi connectivity index (χ2v) is 3.65. The molecule has 3 nitrogen and oxygen atoms in total. The Balaban J connectivity index is 2.10. The fraction of sp³-hybridized carbons (Fsp3) is 0.545. The van der Waals surface area contributed by atoms with Crippen molar-refractivity contribution in [1.29, 1.82) is 0 Å². The van der Waals surface area contributed by atoms with E-state index < -0.39 is 18.6 Å². The van der Waals surface area contributed by atoms with Crippen LogP contribution in [0.5, 0.6) is 0 Å². The van der Waals surface area contributed by atoms with Crippen LogP contribution in [0.25, 0.3) is 0 Å². The van der Waals surface area contributed by atoms with Crippen molar-refractivity contribution in [2.45, 2.75) is 31.9 Å². The zero-order valence-corrected chi connectivity index (χ0v) is 9.22. The second kappa shape index (κ2) is 6.32. The lowest BCUT2D eigenvalue weighted by Crippen LogP contribution is -2.14. The van der Waals surface area contributed by atoms with E-state index in [4.69, 9.17) is 4.74 Å². The highest BCUT2D eigenvalue weighted by molar-refractivity contribution is 5.88. The molecule has 0 aromatic heterocycles. The van der Waals surface area contributed by atoms with Crippen LogP contribution in [0.4, 0.5) is 13.2 Å². The van der Waals surface area contributed by atoms with Crippen LogP contribution >= 0.6 is 0 Å². The number of esters is 1. The van der Waals surface area contributed by atoms with Crippen LogP contribution in [0.2, 0.25) is 0 Å². The third-order valence-corrected chi connectivity index (χ3v) is 2.16. The lowest BCUT2D eigenvalue weighted by Gasteiger charge is -2.10. The van der Waals surface area contributed by atoms with Gasteiger partial charge in [0.05, 0.1) is 12.2 Å². The molecule has 6 heteroatoms. The summed E-state index contributed by atoms with van der Waals surface area (Å²) >= 11 is 0. The molecule has 0 atom stereocenters. The van der Waals surface area contributed by atoms with E-state index in [1.807, 2.05) is 0 Å². The molecule has 0 spiro atoms. The summed E-state index contributed by atoms with van der Waals surface area (Å²) in [7, 11) is 0. The van der Waals surface area contributed by atoms with E-state index in [1.54, 1.807) is 12.3 Å². The van der Waals surface area contributed by atoms with Crippen LogP contribution in [0, 0.1) is 0 Å². The Hall–Kier alpha value is -1.46. The smallest absolute Gasteiger partial charge is 0.389 e. The molecule has 0 saturated heterocycles. The standard InChI is InChI=1S/C11H14F3NO2/c12-11(13,14)5-1-2-7-17-10(16)9-4-3-6-15-8-9/h3,6,8,15H,1-2,4-5,7H2. The van der Waals surface area contributed by atoms with Crippen molar-refractivity contribution in [1.82, 2.24) is 5.32 Å². The van der Waals surface area contributed by atoms with E-state index in [0.717, 1.165) is 0 Å². The van der Waals surface area contributed by atoms with Gasteiger partial charge in [0.25, 0.3) is 0 Å². The van der Waals surface area contributed by atoms with E-state index in [9.17, 15) is 18.0 Å². The molecule has 0 amide bonds. The van der Waals surface area contributed by atoms with Gasteiger partial charge in [0.2, 0.25) is 0 Å². The molecule has 96 valence electrons. The molecule has 1 N–H and O–H groups in total. The third kappa shape index (κ3) is 5.99. The Kier molecular flexibility index (Phi) is 5.06. The van der Waals surface area contributed by atoms with Gasteiger partial charge in [-0.2, -0.15) is 13.2 Å². The maximum atomic E-state index is 11.8. The predicted molar refractivity (Wildman–Crippen MR) is 55.8 cm³/mol. The molecule has 1 rings (SSSR count). The van der Waals surface area contributed by atoms with Crippen molar-refractivity contribution in [2.75, 3.05) is 6.61 Å². The summed E-state index contributed by atoms with van der Waals surface area (Å²) < 4.78 is 40.2. The van der Waals surface area contributed by atoms with E-state index in [-0.39, 0.29) is 19.4 Å². The summed E-state index contributed by atoms with van der Waals surface area (Å²) in [6.07, 6.45) is 0.699. The summed E-state index contributed by atoms with van der Waals surface area (Å²) in [5.74, 6) is -0.478. The highest BCUT2D eigenvalue weighted by Gasteiger charge is 2.25. The van der Waals surface area contributed by atoms with E-state index in [0.29, 0.717) is 12.0 Å². The van der Waals surface area contributed by atoms with Crippen LogP contribution < -0.4 is 5.32 Å². The quantitative estimate of drug-likeness (QED) is 0.601. The van der Waals surface area contributed by atoms with Gasteiger partial charge in [-0.1, -0.05) is 6.08 Å². The van der Waals surface area contributed by atoms with Gasteiger partial charge in [-0.3, -0.25) is 0 Å². The zero-order valence-electron chi connectivity index (χ0n) is 9.22. The first-order valence-corrected chi connectivity index (χ1v) is 5.33. The molecule has 0 aromatic rings. The number of hydrogen-bond donors (Lipinski definition) is 1. The lowest BCUT2D eigenvalue weighted by molar-refractivity contribution is -0.141. The van der Waals surface area contributed by atoms with Crippen molar-refractivity contribution in [3.8, 4) is 0 Å². The zero-order chi connectivity index (χ0) is 12.7. The van der Waals surface area contributed by atoms with Crippen molar-refractivity contribution >= 4 is 5.97 Å². The van der Waals surface area contributed by atoms with E-state index >= 15 is 0 Å². The molecule has 0 unspecified atom stereocenters. The topological polar surface area (TPSA) is 38.3 Å². The molecule has 0 aliphatic carbocycles. The molecule has 0 saturated carbocycles. The minimum Gasteiger partial charge on any atom is -0.462 e. The highest BCUT2D eigenvalue weighted by Crippen LogP contribution is 2.22. The minimum absolute atomic E-state index is 0.0199. The number of dihydropyridines is 1. The van der Waals surface area contributed by atoms with E-state index in [2.05, 4.69) is 5.32 Å². The minimum atomic E-state index is -4.13. The summed E-state index contributed by atoms with van der Waals surface area (Å²) in [6.45, 7) is 0.0238. The van der Waals surface area contributed by atoms with Crippen LogP contribution in [0.1, 0.15) is 25.7 Å². The maximum absolute atomic E-state index is 11.8. The number of carbonyl (C=O) groups excluding carboxylic acids is 1. The number of halogens is 3. The molecular weight excluding hydrogens is 235 g/mol. The number of nitrogens with one attached hydrogen (secondary N) is 1. The van der Waals surface area contributed by atoms with Crippen molar-refractivity contribution in [3.05, 3.63) is 24.0 Å². The second-order valence-electron chi connectivity index (χ2n) is 3.65. The lowest BCUT2D eigenvalue weighted by atomic mass is 10.2. The van der Waals surface area contributed by atoms with E-state index in [1.165, 1.54) is 6.20 Å². The number of rotatable bonds is 5. The van der Waals surface area contributed by atoms with Gasteiger partial charge in [0.1, 0.15) is 0 Å². The normalized spacial score (nSPS) is 15.1. The molecule has 17 heavy (non-hydrogen) atoms. The average Bonchev–Trinajstić information content (AvgIpc) is 2.28. The fourth-order valence-electron chi connectivity index (χ4n) is 1.29. The number of alkyl halides is 3. The van der Waals surface area contributed by atoms with Gasteiger partial charge < -0.3 is 10.1 Å². The van der Waals surface area contributed by atoms with Crippen molar-refractivity contribution in [3.63, 3.8) is 0 Å². The van der Waals surface area contributed by atoms with Gasteiger partial charge >= 0.3 is 12.1 Å². The Morgan fingerprint density at radius 1 is 1.41 bits per heavy atom. The number of carbonyl (C=O) groups is 1. The largest absolute Gasteiger partial charge is 0.462 e. The molecule has 0 radical (unpaired) electrons. The molecule has 0 aromatic carbocycles. The molecule has 0 fully saturated rings. The van der Waals surface area contributed by atoms with Gasteiger partial charge in [-0.05, 0) is 19.0 Å². The SMILES string of the molecule is O=C(OCCCCC(F)(F)F)C1=CNC=CC1. The monoisotopic (exact) mass is 249 g/mol. The van der Waals surface area contributed by atoms with Crippen LogP contribution in [-0.4, -0.2) is 18.8 Å². The maximum Gasteiger partial charge on any atom is 0.389 e. The Morgan fingerprint density at radius 3 is 2.76 bits per heavy atom. The Labute approximate surface area is 97.3 Å². The van der Waals surface area contributed by atoms with Gasteiger partial charge in [0.15, 0.2) is 0 Å². The highest BCUT2D eigenvalue weighted by atomic mass is 19.4. The third-order valence-electron chi connectivity index (χ3n) is 2.16. The number of hydrogen-bond acceptors (Lipinski definition) is 3. The average molecular weight is 249 g/mol.